The van der Waals surface area contributed by atoms with E-state index in [0.29, 0.717) is 15.6 Å². The summed E-state index contributed by atoms with van der Waals surface area (Å²) in [6, 6.07) is 4.45. The van der Waals surface area contributed by atoms with Crippen molar-refractivity contribution in [2.75, 3.05) is 6.61 Å². The van der Waals surface area contributed by atoms with Gasteiger partial charge in [0.15, 0.2) is 6.10 Å². The highest BCUT2D eigenvalue weighted by molar-refractivity contribution is 6.34. The molecule has 1 aromatic carbocycles. The van der Waals surface area contributed by atoms with Crippen molar-refractivity contribution in [2.24, 2.45) is 0 Å². The molecule has 0 spiro atoms. The molecule has 0 fully saturated rings. The first-order chi connectivity index (χ1) is 7.04. The highest BCUT2D eigenvalue weighted by Gasteiger charge is 2.19. The van der Waals surface area contributed by atoms with Crippen LogP contribution in [0.5, 0.6) is 0 Å². The molecule has 0 aromatic heterocycles. The fourth-order valence-electron chi connectivity index (χ4n) is 1.09. The molecule has 0 saturated carbocycles. The van der Waals surface area contributed by atoms with E-state index < -0.39 is 12.1 Å². The average Bonchev–Trinajstić information content (AvgIpc) is 2.15. The van der Waals surface area contributed by atoms with Gasteiger partial charge >= 0.3 is 5.97 Å². The van der Waals surface area contributed by atoms with Gasteiger partial charge in [-0.25, -0.2) is 4.79 Å². The van der Waals surface area contributed by atoms with E-state index in [-0.39, 0.29) is 6.61 Å². The van der Waals surface area contributed by atoms with Crippen LogP contribution in [0.3, 0.4) is 0 Å². The van der Waals surface area contributed by atoms with Gasteiger partial charge in [-0.05, 0) is 30.7 Å². The summed E-state index contributed by atoms with van der Waals surface area (Å²) in [7, 11) is 0. The standard InChI is InChI=1S/C10H10Cl2O3/c1-2-15-10(14)9(13)6-3-7(11)5-8(12)4-6/h3-5,9,13H,2H2,1H3. The predicted molar refractivity (Wildman–Crippen MR) is 58.1 cm³/mol. The van der Waals surface area contributed by atoms with Crippen LogP contribution in [0, 0.1) is 0 Å². The summed E-state index contributed by atoms with van der Waals surface area (Å²) < 4.78 is 4.66. The Kier molecular flexibility index (Phi) is 4.39. The summed E-state index contributed by atoms with van der Waals surface area (Å²) in [6.45, 7) is 1.87. The number of carbonyl (C=O) groups is 1. The number of esters is 1. The molecule has 0 radical (unpaired) electrons. The van der Waals surface area contributed by atoms with Crippen LogP contribution in [0.15, 0.2) is 18.2 Å². The Morgan fingerprint density at radius 3 is 2.40 bits per heavy atom. The van der Waals surface area contributed by atoms with Crippen LogP contribution in [0.2, 0.25) is 10.0 Å². The minimum Gasteiger partial charge on any atom is -0.464 e. The molecular formula is C10H10Cl2O3. The number of hydrogen-bond donors (Lipinski definition) is 1. The molecule has 1 aromatic rings. The van der Waals surface area contributed by atoms with Gasteiger partial charge in [-0.3, -0.25) is 0 Å². The summed E-state index contributed by atoms with van der Waals surface area (Å²) >= 11 is 11.5. The molecule has 1 N–H and O–H groups in total. The highest BCUT2D eigenvalue weighted by atomic mass is 35.5. The van der Waals surface area contributed by atoms with Gasteiger partial charge in [-0.15, -0.1) is 0 Å². The first-order valence-electron chi connectivity index (χ1n) is 4.35. The van der Waals surface area contributed by atoms with Crippen molar-refractivity contribution in [2.45, 2.75) is 13.0 Å². The van der Waals surface area contributed by atoms with E-state index in [1.807, 2.05) is 0 Å². The van der Waals surface area contributed by atoms with Crippen molar-refractivity contribution >= 4 is 29.2 Å². The molecule has 82 valence electrons. The van der Waals surface area contributed by atoms with E-state index in [9.17, 15) is 9.90 Å². The lowest BCUT2D eigenvalue weighted by Gasteiger charge is -2.10. The fraction of sp³-hybridized carbons (Fsp3) is 0.300. The summed E-state index contributed by atoms with van der Waals surface area (Å²) in [5.74, 6) is -0.712. The number of hydrogen-bond acceptors (Lipinski definition) is 3. The second kappa shape index (κ2) is 5.35. The van der Waals surface area contributed by atoms with Crippen molar-refractivity contribution in [3.05, 3.63) is 33.8 Å². The lowest BCUT2D eigenvalue weighted by atomic mass is 10.1. The van der Waals surface area contributed by atoms with Crippen LogP contribution in [-0.4, -0.2) is 17.7 Å². The van der Waals surface area contributed by atoms with Crippen LogP contribution in [-0.2, 0) is 9.53 Å². The molecule has 1 atom stereocenters. The van der Waals surface area contributed by atoms with Crippen LogP contribution < -0.4 is 0 Å². The van der Waals surface area contributed by atoms with Crippen molar-refractivity contribution in [1.29, 1.82) is 0 Å². The van der Waals surface area contributed by atoms with Crippen molar-refractivity contribution < 1.29 is 14.6 Å². The maximum Gasteiger partial charge on any atom is 0.339 e. The Morgan fingerprint density at radius 1 is 1.40 bits per heavy atom. The molecule has 15 heavy (non-hydrogen) atoms. The van der Waals surface area contributed by atoms with E-state index in [2.05, 4.69) is 4.74 Å². The van der Waals surface area contributed by atoms with E-state index >= 15 is 0 Å². The van der Waals surface area contributed by atoms with Crippen molar-refractivity contribution in [3.8, 4) is 0 Å². The number of carbonyl (C=O) groups excluding carboxylic acids is 1. The van der Waals surface area contributed by atoms with Crippen LogP contribution in [0.25, 0.3) is 0 Å². The molecule has 0 heterocycles. The van der Waals surface area contributed by atoms with Gasteiger partial charge in [-0.2, -0.15) is 0 Å². The van der Waals surface area contributed by atoms with Crippen LogP contribution >= 0.6 is 23.2 Å². The zero-order chi connectivity index (χ0) is 11.4. The number of halogens is 2. The van der Waals surface area contributed by atoms with Crippen LogP contribution in [0.4, 0.5) is 0 Å². The van der Waals surface area contributed by atoms with Gasteiger partial charge in [0.05, 0.1) is 6.61 Å². The Bertz CT molecular complexity index is 345. The summed E-state index contributed by atoms with van der Waals surface area (Å²) in [5.41, 5.74) is 0.325. The second-order valence-electron chi connectivity index (χ2n) is 2.86. The number of rotatable bonds is 3. The Balaban J connectivity index is 2.90. The van der Waals surface area contributed by atoms with Gasteiger partial charge < -0.3 is 9.84 Å². The number of ether oxygens (including phenoxy) is 1. The first-order valence-corrected chi connectivity index (χ1v) is 5.11. The maximum atomic E-state index is 11.2. The minimum absolute atomic E-state index is 0.212. The summed E-state index contributed by atoms with van der Waals surface area (Å²) in [6.07, 6.45) is -1.35. The van der Waals surface area contributed by atoms with Crippen LogP contribution in [0.1, 0.15) is 18.6 Å². The maximum absolute atomic E-state index is 11.2. The molecule has 3 nitrogen and oxygen atoms in total. The van der Waals surface area contributed by atoms with Crippen molar-refractivity contribution in [3.63, 3.8) is 0 Å². The average molecular weight is 249 g/mol. The van der Waals surface area contributed by atoms with Gasteiger partial charge in [0.2, 0.25) is 0 Å². The Hall–Kier alpha value is -0.770. The van der Waals surface area contributed by atoms with E-state index in [0.717, 1.165) is 0 Å². The molecule has 0 aliphatic carbocycles. The second-order valence-corrected chi connectivity index (χ2v) is 3.73. The molecular weight excluding hydrogens is 239 g/mol. The third-order valence-electron chi connectivity index (χ3n) is 1.71. The zero-order valence-electron chi connectivity index (χ0n) is 8.04. The van der Waals surface area contributed by atoms with Gasteiger partial charge in [0.25, 0.3) is 0 Å². The summed E-state index contributed by atoms with van der Waals surface area (Å²) in [4.78, 5) is 11.2. The fourth-order valence-corrected chi connectivity index (χ4v) is 1.63. The van der Waals surface area contributed by atoms with E-state index in [4.69, 9.17) is 23.2 Å². The number of aliphatic hydroxyl groups excluding tert-OH is 1. The quantitative estimate of drug-likeness (QED) is 0.837. The monoisotopic (exact) mass is 248 g/mol. The van der Waals surface area contributed by atoms with E-state index in [1.165, 1.54) is 18.2 Å². The smallest absolute Gasteiger partial charge is 0.339 e. The molecule has 0 amide bonds. The zero-order valence-corrected chi connectivity index (χ0v) is 9.55. The summed E-state index contributed by atoms with van der Waals surface area (Å²) in [5, 5.41) is 10.3. The molecule has 0 aliphatic rings. The Labute approximate surface area is 97.6 Å². The van der Waals surface area contributed by atoms with E-state index in [1.54, 1.807) is 6.92 Å². The lowest BCUT2D eigenvalue weighted by Crippen LogP contribution is -2.15. The molecule has 1 rings (SSSR count). The third-order valence-corrected chi connectivity index (χ3v) is 2.15. The molecule has 0 aliphatic heterocycles. The predicted octanol–water partition coefficient (Wildman–Crippen LogP) is 2.59. The molecule has 0 saturated heterocycles. The number of benzene rings is 1. The molecule has 5 heteroatoms. The van der Waals surface area contributed by atoms with Gasteiger partial charge in [0.1, 0.15) is 0 Å². The highest BCUT2D eigenvalue weighted by Crippen LogP contribution is 2.24. The van der Waals surface area contributed by atoms with Gasteiger partial charge in [-0.1, -0.05) is 23.2 Å². The number of aliphatic hydroxyl groups is 1. The van der Waals surface area contributed by atoms with Gasteiger partial charge in [0, 0.05) is 10.0 Å². The lowest BCUT2D eigenvalue weighted by molar-refractivity contribution is -0.153. The molecule has 1 unspecified atom stereocenters. The largest absolute Gasteiger partial charge is 0.464 e. The first kappa shape index (κ1) is 12.3. The molecule has 0 bridgehead atoms. The SMILES string of the molecule is CCOC(=O)C(O)c1cc(Cl)cc(Cl)c1. The topological polar surface area (TPSA) is 46.5 Å². The normalized spacial score (nSPS) is 12.3. The Morgan fingerprint density at radius 2 is 1.93 bits per heavy atom. The van der Waals surface area contributed by atoms with Crippen molar-refractivity contribution in [1.82, 2.24) is 0 Å². The minimum atomic E-state index is -1.35. The third kappa shape index (κ3) is 3.38.